The summed E-state index contributed by atoms with van der Waals surface area (Å²) >= 11 is 0. The Balaban J connectivity index is 2.77. The molecule has 1 aromatic rings. The molecule has 1 rings (SSSR count). The van der Waals surface area contributed by atoms with Crippen molar-refractivity contribution >= 4 is 0 Å². The average molecular weight is 111 g/mol. The van der Waals surface area contributed by atoms with Crippen LogP contribution in [0.15, 0.2) is 18.5 Å². The Kier molecular flexibility index (Phi) is 1.35. The van der Waals surface area contributed by atoms with E-state index in [1.54, 1.807) is 19.3 Å². The molecule has 0 bridgehead atoms. The van der Waals surface area contributed by atoms with Crippen LogP contribution in [0.1, 0.15) is 18.6 Å². The molecule has 0 aromatic carbocycles. The number of aromatic amines is 1. The lowest BCUT2D eigenvalue weighted by Crippen LogP contribution is -1.85. The molecule has 2 nitrogen and oxygen atoms in total. The summed E-state index contributed by atoms with van der Waals surface area (Å²) in [4.78, 5) is 2.85. The SMILES string of the molecule is CC(O)c1cc[nH]c1. The molecule has 0 aliphatic rings. The standard InChI is InChI=1S/C6H9NO/c1-5(8)6-2-3-7-4-6/h2-5,7-8H,1H3. The summed E-state index contributed by atoms with van der Waals surface area (Å²) in [5.74, 6) is 0. The van der Waals surface area contributed by atoms with Crippen LogP contribution in [-0.2, 0) is 0 Å². The van der Waals surface area contributed by atoms with Gasteiger partial charge in [0.15, 0.2) is 0 Å². The Morgan fingerprint density at radius 2 is 2.50 bits per heavy atom. The largest absolute Gasteiger partial charge is 0.389 e. The zero-order chi connectivity index (χ0) is 5.98. The van der Waals surface area contributed by atoms with Gasteiger partial charge in [-0.15, -0.1) is 0 Å². The predicted molar refractivity (Wildman–Crippen MR) is 31.4 cm³/mol. The maximum absolute atomic E-state index is 8.89. The number of hydrogen-bond donors (Lipinski definition) is 2. The third-order valence-corrected chi connectivity index (χ3v) is 1.10. The monoisotopic (exact) mass is 111 g/mol. The molecule has 44 valence electrons. The topological polar surface area (TPSA) is 36.0 Å². The molecule has 1 aromatic heterocycles. The van der Waals surface area contributed by atoms with Crippen molar-refractivity contribution in [2.24, 2.45) is 0 Å². The van der Waals surface area contributed by atoms with Crippen LogP contribution in [-0.4, -0.2) is 10.1 Å². The Morgan fingerprint density at radius 3 is 2.75 bits per heavy atom. The molecule has 0 fully saturated rings. The van der Waals surface area contributed by atoms with E-state index < -0.39 is 0 Å². The van der Waals surface area contributed by atoms with Gasteiger partial charge < -0.3 is 10.1 Å². The molecule has 0 spiro atoms. The zero-order valence-corrected chi connectivity index (χ0v) is 4.76. The van der Waals surface area contributed by atoms with Crippen LogP contribution in [0.4, 0.5) is 0 Å². The Morgan fingerprint density at radius 1 is 1.75 bits per heavy atom. The molecule has 1 unspecified atom stereocenters. The molecular weight excluding hydrogens is 102 g/mol. The van der Waals surface area contributed by atoms with Crippen LogP contribution in [0.25, 0.3) is 0 Å². The minimum Gasteiger partial charge on any atom is -0.389 e. The summed E-state index contributed by atoms with van der Waals surface area (Å²) in [6.45, 7) is 1.74. The summed E-state index contributed by atoms with van der Waals surface area (Å²) in [6.07, 6.45) is 3.23. The van der Waals surface area contributed by atoms with E-state index in [-0.39, 0.29) is 6.10 Å². The van der Waals surface area contributed by atoms with E-state index in [0.29, 0.717) is 0 Å². The maximum Gasteiger partial charge on any atom is 0.0776 e. The molecule has 8 heavy (non-hydrogen) atoms. The fraction of sp³-hybridized carbons (Fsp3) is 0.333. The molecular formula is C6H9NO. The third-order valence-electron chi connectivity index (χ3n) is 1.10. The van der Waals surface area contributed by atoms with Gasteiger partial charge in [-0.1, -0.05) is 0 Å². The second kappa shape index (κ2) is 2.01. The summed E-state index contributed by atoms with van der Waals surface area (Å²) in [7, 11) is 0. The number of aromatic nitrogens is 1. The molecule has 0 saturated heterocycles. The summed E-state index contributed by atoms with van der Waals surface area (Å²) < 4.78 is 0. The highest BCUT2D eigenvalue weighted by molar-refractivity contribution is 5.10. The Hall–Kier alpha value is -0.760. The van der Waals surface area contributed by atoms with Gasteiger partial charge in [0.2, 0.25) is 0 Å². The molecule has 0 radical (unpaired) electrons. The second-order valence-corrected chi connectivity index (χ2v) is 1.82. The highest BCUT2D eigenvalue weighted by Crippen LogP contribution is 2.08. The number of rotatable bonds is 1. The van der Waals surface area contributed by atoms with Gasteiger partial charge in [-0.2, -0.15) is 0 Å². The Labute approximate surface area is 48.2 Å². The van der Waals surface area contributed by atoms with Crippen molar-refractivity contribution in [1.29, 1.82) is 0 Å². The lowest BCUT2D eigenvalue weighted by Gasteiger charge is -1.95. The van der Waals surface area contributed by atoms with Crippen molar-refractivity contribution in [3.8, 4) is 0 Å². The normalized spacial score (nSPS) is 13.8. The van der Waals surface area contributed by atoms with Crippen LogP contribution in [0.5, 0.6) is 0 Å². The van der Waals surface area contributed by atoms with Gasteiger partial charge in [0.25, 0.3) is 0 Å². The molecule has 2 heteroatoms. The van der Waals surface area contributed by atoms with Crippen molar-refractivity contribution in [2.75, 3.05) is 0 Å². The third kappa shape index (κ3) is 0.898. The van der Waals surface area contributed by atoms with E-state index in [9.17, 15) is 0 Å². The van der Waals surface area contributed by atoms with Gasteiger partial charge in [-0.05, 0) is 18.6 Å². The van der Waals surface area contributed by atoms with Crippen LogP contribution in [0, 0.1) is 0 Å². The molecule has 2 N–H and O–H groups in total. The fourth-order valence-corrected chi connectivity index (χ4v) is 0.597. The van der Waals surface area contributed by atoms with Crippen LogP contribution >= 0.6 is 0 Å². The second-order valence-electron chi connectivity index (χ2n) is 1.82. The van der Waals surface area contributed by atoms with Crippen molar-refractivity contribution in [2.45, 2.75) is 13.0 Å². The first-order chi connectivity index (χ1) is 3.80. The highest BCUT2D eigenvalue weighted by atomic mass is 16.3. The lowest BCUT2D eigenvalue weighted by molar-refractivity contribution is 0.199. The van der Waals surface area contributed by atoms with E-state index in [2.05, 4.69) is 4.98 Å². The van der Waals surface area contributed by atoms with Crippen LogP contribution in [0.2, 0.25) is 0 Å². The highest BCUT2D eigenvalue weighted by Gasteiger charge is 1.96. The number of hydrogen-bond acceptors (Lipinski definition) is 1. The van der Waals surface area contributed by atoms with Gasteiger partial charge in [0.05, 0.1) is 6.10 Å². The van der Waals surface area contributed by atoms with Gasteiger partial charge in [0, 0.05) is 12.4 Å². The quantitative estimate of drug-likeness (QED) is 0.558. The molecule has 0 saturated carbocycles. The van der Waals surface area contributed by atoms with E-state index in [0.717, 1.165) is 5.56 Å². The summed E-state index contributed by atoms with van der Waals surface area (Å²) in [6, 6.07) is 1.85. The van der Waals surface area contributed by atoms with E-state index in [1.807, 2.05) is 6.07 Å². The first kappa shape index (κ1) is 5.38. The zero-order valence-electron chi connectivity index (χ0n) is 4.76. The number of aliphatic hydroxyl groups excluding tert-OH is 1. The minimum absolute atomic E-state index is 0.346. The number of nitrogens with one attached hydrogen (secondary N) is 1. The van der Waals surface area contributed by atoms with Crippen LogP contribution in [0.3, 0.4) is 0 Å². The lowest BCUT2D eigenvalue weighted by atomic mass is 10.2. The molecule has 1 atom stereocenters. The van der Waals surface area contributed by atoms with Crippen molar-refractivity contribution in [3.05, 3.63) is 24.0 Å². The first-order valence-electron chi connectivity index (χ1n) is 2.61. The van der Waals surface area contributed by atoms with E-state index in [1.165, 1.54) is 0 Å². The molecule has 0 aliphatic heterocycles. The molecule has 0 amide bonds. The summed E-state index contributed by atoms with van der Waals surface area (Å²) in [5, 5.41) is 8.89. The predicted octanol–water partition coefficient (Wildman–Crippen LogP) is 1.07. The van der Waals surface area contributed by atoms with Crippen LogP contribution < -0.4 is 0 Å². The number of H-pyrrole nitrogens is 1. The van der Waals surface area contributed by atoms with E-state index >= 15 is 0 Å². The van der Waals surface area contributed by atoms with Gasteiger partial charge >= 0.3 is 0 Å². The van der Waals surface area contributed by atoms with Crippen molar-refractivity contribution in [1.82, 2.24) is 4.98 Å². The van der Waals surface area contributed by atoms with Gasteiger partial charge in [-0.3, -0.25) is 0 Å². The Bertz CT molecular complexity index is 144. The fourth-order valence-electron chi connectivity index (χ4n) is 0.597. The minimum atomic E-state index is -0.346. The first-order valence-corrected chi connectivity index (χ1v) is 2.61. The van der Waals surface area contributed by atoms with Gasteiger partial charge in [0.1, 0.15) is 0 Å². The summed E-state index contributed by atoms with van der Waals surface area (Å²) in [5.41, 5.74) is 0.935. The smallest absolute Gasteiger partial charge is 0.0776 e. The molecule has 0 aliphatic carbocycles. The average Bonchev–Trinajstić information content (AvgIpc) is 2.12. The maximum atomic E-state index is 8.89. The number of aliphatic hydroxyl groups is 1. The van der Waals surface area contributed by atoms with E-state index in [4.69, 9.17) is 5.11 Å². The molecule has 1 heterocycles. The van der Waals surface area contributed by atoms with Gasteiger partial charge in [-0.25, -0.2) is 0 Å². The van der Waals surface area contributed by atoms with Crippen molar-refractivity contribution in [3.63, 3.8) is 0 Å². The van der Waals surface area contributed by atoms with Crippen molar-refractivity contribution < 1.29 is 5.11 Å².